The molecule has 0 saturated heterocycles. The van der Waals surface area contributed by atoms with E-state index in [0.29, 0.717) is 10.2 Å². The zero-order valence-corrected chi connectivity index (χ0v) is 17.3. The van der Waals surface area contributed by atoms with E-state index in [-0.39, 0.29) is 29.4 Å². The third kappa shape index (κ3) is 4.86. The Bertz CT molecular complexity index is 1050. The summed E-state index contributed by atoms with van der Waals surface area (Å²) in [6.07, 6.45) is 0.348. The minimum absolute atomic E-state index is 0.0969. The molecule has 27 heavy (non-hydrogen) atoms. The number of thiazole rings is 1. The van der Waals surface area contributed by atoms with E-state index in [4.69, 9.17) is 11.6 Å². The number of amides is 1. The first-order chi connectivity index (χ1) is 12.7. The van der Waals surface area contributed by atoms with E-state index >= 15 is 0 Å². The molecule has 142 valence electrons. The van der Waals surface area contributed by atoms with Crippen molar-refractivity contribution in [1.82, 2.24) is 4.98 Å². The summed E-state index contributed by atoms with van der Waals surface area (Å²) in [6, 6.07) is 10.1. The monoisotopic (exact) mass is 422 g/mol. The number of anilines is 1. The molecule has 5 nitrogen and oxygen atoms in total. The number of sulfone groups is 1. The van der Waals surface area contributed by atoms with Gasteiger partial charge in [0.2, 0.25) is 5.91 Å². The minimum Gasteiger partial charge on any atom is -0.302 e. The van der Waals surface area contributed by atoms with Crippen LogP contribution in [0.3, 0.4) is 0 Å². The fourth-order valence-corrected chi connectivity index (χ4v) is 5.00. The summed E-state index contributed by atoms with van der Waals surface area (Å²) >= 11 is 7.19. The third-order valence-corrected chi connectivity index (χ3v) is 7.24. The van der Waals surface area contributed by atoms with Crippen molar-refractivity contribution in [3.8, 4) is 0 Å². The van der Waals surface area contributed by atoms with Crippen molar-refractivity contribution in [1.29, 1.82) is 0 Å². The molecule has 2 aromatic carbocycles. The lowest BCUT2D eigenvalue weighted by molar-refractivity contribution is -0.116. The molecule has 1 heterocycles. The maximum Gasteiger partial charge on any atom is 0.226 e. The van der Waals surface area contributed by atoms with Crippen molar-refractivity contribution in [3.63, 3.8) is 0 Å². The molecule has 0 aliphatic rings. The number of hydrogen-bond donors (Lipinski definition) is 1. The Kier molecular flexibility index (Phi) is 5.83. The highest BCUT2D eigenvalue weighted by atomic mass is 35.5. The lowest BCUT2D eigenvalue weighted by Crippen LogP contribution is -2.14. The van der Waals surface area contributed by atoms with Gasteiger partial charge < -0.3 is 5.32 Å². The van der Waals surface area contributed by atoms with Crippen LogP contribution in [0.2, 0.25) is 5.02 Å². The van der Waals surface area contributed by atoms with Crippen molar-refractivity contribution in [3.05, 3.63) is 52.5 Å². The number of benzene rings is 2. The first kappa shape index (κ1) is 19.8. The molecule has 0 spiro atoms. The summed E-state index contributed by atoms with van der Waals surface area (Å²) in [7, 11) is -3.43. The van der Waals surface area contributed by atoms with Gasteiger partial charge in [-0.25, -0.2) is 13.4 Å². The molecule has 0 aliphatic carbocycles. The SMILES string of the molecule is Cc1cc2nc(NC(=O)CCCS(=O)(=O)c3ccc(Cl)cc3)sc2cc1C. The molecule has 3 aromatic rings. The average molecular weight is 423 g/mol. The molecular formula is C19H19ClN2O3S2. The Morgan fingerprint density at radius 3 is 2.52 bits per heavy atom. The number of nitrogens with one attached hydrogen (secondary N) is 1. The van der Waals surface area contributed by atoms with Crippen LogP contribution in [0.4, 0.5) is 5.13 Å². The zero-order chi connectivity index (χ0) is 19.6. The second kappa shape index (κ2) is 7.96. The first-order valence-electron chi connectivity index (χ1n) is 8.40. The highest BCUT2D eigenvalue weighted by molar-refractivity contribution is 7.91. The lowest BCUT2D eigenvalue weighted by Gasteiger charge is -2.05. The molecule has 0 bridgehead atoms. The molecule has 0 aliphatic heterocycles. The number of carbonyl (C=O) groups excluding carboxylic acids is 1. The number of aromatic nitrogens is 1. The van der Waals surface area contributed by atoms with Crippen LogP contribution in [0.25, 0.3) is 10.2 Å². The van der Waals surface area contributed by atoms with E-state index in [9.17, 15) is 13.2 Å². The van der Waals surface area contributed by atoms with Crippen molar-refractivity contribution >= 4 is 54.0 Å². The van der Waals surface area contributed by atoms with E-state index in [1.165, 1.54) is 41.2 Å². The van der Waals surface area contributed by atoms with Crippen molar-refractivity contribution < 1.29 is 13.2 Å². The second-order valence-electron chi connectivity index (χ2n) is 6.35. The number of nitrogens with zero attached hydrogens (tertiary/aromatic N) is 1. The van der Waals surface area contributed by atoms with Gasteiger partial charge in [0.1, 0.15) is 0 Å². The molecular weight excluding hydrogens is 404 g/mol. The Balaban J connectivity index is 1.57. The maximum atomic E-state index is 12.3. The van der Waals surface area contributed by atoms with Crippen molar-refractivity contribution in [2.75, 3.05) is 11.1 Å². The lowest BCUT2D eigenvalue weighted by atomic mass is 10.1. The summed E-state index contributed by atoms with van der Waals surface area (Å²) in [5.74, 6) is -0.339. The molecule has 0 radical (unpaired) electrons. The maximum absolute atomic E-state index is 12.3. The van der Waals surface area contributed by atoms with E-state index in [0.717, 1.165) is 15.8 Å². The summed E-state index contributed by atoms with van der Waals surface area (Å²) < 4.78 is 25.6. The Labute approximate surface area is 167 Å². The van der Waals surface area contributed by atoms with Crippen LogP contribution in [0.1, 0.15) is 24.0 Å². The summed E-state index contributed by atoms with van der Waals surface area (Å²) in [5, 5.41) is 3.77. The van der Waals surface area contributed by atoms with Crippen LogP contribution >= 0.6 is 22.9 Å². The van der Waals surface area contributed by atoms with Crippen molar-refractivity contribution in [2.24, 2.45) is 0 Å². The second-order valence-corrected chi connectivity index (χ2v) is 9.92. The molecule has 1 N–H and O–H groups in total. The molecule has 0 atom stereocenters. The van der Waals surface area contributed by atoms with Crippen LogP contribution in [-0.4, -0.2) is 25.1 Å². The van der Waals surface area contributed by atoms with Gasteiger partial charge in [-0.3, -0.25) is 4.79 Å². The fourth-order valence-electron chi connectivity index (χ4n) is 2.60. The van der Waals surface area contributed by atoms with Crippen LogP contribution in [0.15, 0.2) is 41.3 Å². The van der Waals surface area contributed by atoms with E-state index in [1.54, 1.807) is 0 Å². The quantitative estimate of drug-likeness (QED) is 0.621. The molecule has 0 unspecified atom stereocenters. The normalized spacial score (nSPS) is 11.7. The number of carbonyl (C=O) groups is 1. The van der Waals surface area contributed by atoms with E-state index < -0.39 is 9.84 Å². The molecule has 1 aromatic heterocycles. The topological polar surface area (TPSA) is 76.1 Å². The Hall–Kier alpha value is -1.96. The van der Waals surface area contributed by atoms with Gasteiger partial charge in [0.15, 0.2) is 15.0 Å². The summed E-state index contributed by atoms with van der Waals surface area (Å²) in [6.45, 7) is 4.06. The Morgan fingerprint density at radius 1 is 1.15 bits per heavy atom. The van der Waals surface area contributed by atoms with E-state index in [1.807, 2.05) is 19.9 Å². The van der Waals surface area contributed by atoms with Gasteiger partial charge in [-0.05, 0) is 67.8 Å². The number of aryl methyl sites for hydroxylation is 2. The zero-order valence-electron chi connectivity index (χ0n) is 15.0. The smallest absolute Gasteiger partial charge is 0.226 e. The van der Waals surface area contributed by atoms with Gasteiger partial charge in [-0.15, -0.1) is 0 Å². The average Bonchev–Trinajstić information content (AvgIpc) is 2.96. The molecule has 0 saturated carbocycles. The van der Waals surface area contributed by atoms with Crippen LogP contribution in [-0.2, 0) is 14.6 Å². The van der Waals surface area contributed by atoms with Gasteiger partial charge >= 0.3 is 0 Å². The largest absolute Gasteiger partial charge is 0.302 e. The highest BCUT2D eigenvalue weighted by Crippen LogP contribution is 2.28. The molecule has 3 rings (SSSR count). The van der Waals surface area contributed by atoms with Gasteiger partial charge in [0.05, 0.1) is 20.9 Å². The molecule has 8 heteroatoms. The standard InChI is InChI=1S/C19H19ClN2O3S2/c1-12-10-16-17(11-13(12)2)26-19(21-16)22-18(23)4-3-9-27(24,25)15-7-5-14(20)6-8-15/h5-8,10-11H,3-4,9H2,1-2H3,(H,21,22,23). The van der Waals surface area contributed by atoms with Crippen LogP contribution < -0.4 is 5.32 Å². The van der Waals surface area contributed by atoms with Crippen LogP contribution in [0, 0.1) is 13.8 Å². The minimum atomic E-state index is -3.43. The number of rotatable bonds is 6. The number of hydrogen-bond acceptors (Lipinski definition) is 5. The third-order valence-electron chi connectivity index (χ3n) is 4.24. The Morgan fingerprint density at radius 2 is 1.81 bits per heavy atom. The van der Waals surface area contributed by atoms with Gasteiger partial charge in [-0.2, -0.15) is 0 Å². The summed E-state index contributed by atoms with van der Waals surface area (Å²) in [5.41, 5.74) is 3.18. The number of fused-ring (bicyclic) bond motifs is 1. The summed E-state index contributed by atoms with van der Waals surface area (Å²) in [4.78, 5) is 16.8. The first-order valence-corrected chi connectivity index (χ1v) is 11.3. The van der Waals surface area contributed by atoms with Gasteiger partial charge in [-0.1, -0.05) is 22.9 Å². The molecule has 1 amide bonds. The van der Waals surface area contributed by atoms with E-state index in [2.05, 4.69) is 16.4 Å². The predicted octanol–water partition coefficient (Wildman–Crippen LogP) is 4.76. The fraction of sp³-hybridized carbons (Fsp3) is 0.263. The number of halogens is 1. The highest BCUT2D eigenvalue weighted by Gasteiger charge is 2.15. The van der Waals surface area contributed by atoms with Gasteiger partial charge in [0.25, 0.3) is 0 Å². The van der Waals surface area contributed by atoms with Gasteiger partial charge in [0, 0.05) is 11.4 Å². The molecule has 0 fully saturated rings. The van der Waals surface area contributed by atoms with Crippen molar-refractivity contribution in [2.45, 2.75) is 31.6 Å². The van der Waals surface area contributed by atoms with Crippen LogP contribution in [0.5, 0.6) is 0 Å². The predicted molar refractivity (Wildman–Crippen MR) is 110 cm³/mol.